The van der Waals surface area contributed by atoms with Crippen LogP contribution in [0.1, 0.15) is 13.3 Å². The van der Waals surface area contributed by atoms with Gasteiger partial charge in [-0.25, -0.2) is 9.78 Å². The molecule has 7 heteroatoms. The van der Waals surface area contributed by atoms with E-state index in [0.29, 0.717) is 17.7 Å². The molecule has 0 aliphatic carbocycles. The highest BCUT2D eigenvalue weighted by molar-refractivity contribution is 5.69. The van der Waals surface area contributed by atoms with Crippen molar-refractivity contribution in [2.45, 2.75) is 19.9 Å². The van der Waals surface area contributed by atoms with E-state index in [2.05, 4.69) is 17.2 Å². The van der Waals surface area contributed by atoms with Gasteiger partial charge in [0.2, 0.25) is 0 Å². The smallest absolute Gasteiger partial charge is 0.323 e. The molecule has 0 amide bonds. The number of nitrogens with one attached hydrogen (secondary N) is 1. The number of rotatable bonds is 5. The number of hydrogen-bond donors (Lipinski definition) is 1. The van der Waals surface area contributed by atoms with Crippen molar-refractivity contribution in [3.05, 3.63) is 27.2 Å². The second-order valence-electron chi connectivity index (χ2n) is 4.57. The minimum Gasteiger partial charge on any atom is -0.323 e. The van der Waals surface area contributed by atoms with Crippen LogP contribution in [-0.2, 0) is 20.6 Å². The third-order valence-electron chi connectivity index (χ3n) is 3.17. The highest BCUT2D eigenvalue weighted by Crippen LogP contribution is 2.04. The van der Waals surface area contributed by atoms with E-state index >= 15 is 0 Å². The average Bonchev–Trinajstić information content (AvgIpc) is 2.83. The van der Waals surface area contributed by atoms with Crippen LogP contribution in [0.15, 0.2) is 15.9 Å². The van der Waals surface area contributed by atoms with E-state index in [9.17, 15) is 9.59 Å². The first-order valence-electron chi connectivity index (χ1n) is 6.39. The zero-order valence-electron chi connectivity index (χ0n) is 11.5. The molecule has 0 aromatic carbocycles. The van der Waals surface area contributed by atoms with Gasteiger partial charge in [-0.1, -0.05) is 6.92 Å². The van der Waals surface area contributed by atoms with Crippen molar-refractivity contribution < 1.29 is 0 Å². The number of hydrogen-bond acceptors (Lipinski definition) is 4. The molecule has 7 nitrogen and oxygen atoms in total. The van der Waals surface area contributed by atoms with Gasteiger partial charge >= 0.3 is 5.69 Å². The molecule has 0 aliphatic rings. The predicted molar refractivity (Wildman–Crippen MR) is 73.4 cm³/mol. The molecule has 0 saturated carbocycles. The minimum atomic E-state index is -0.355. The lowest BCUT2D eigenvalue weighted by Gasteiger charge is -2.07. The van der Waals surface area contributed by atoms with Crippen LogP contribution in [0.2, 0.25) is 0 Å². The highest BCUT2D eigenvalue weighted by Gasteiger charge is 2.13. The standard InChI is InChI=1S/C12H19N5O2/c1-4-5-13-6-7-17-8-14-10-9(17)11(18)16(3)12(19)15(10)2/h8,13H,4-7H2,1-3H3. The quantitative estimate of drug-likeness (QED) is 0.735. The van der Waals surface area contributed by atoms with Gasteiger partial charge in [-0.3, -0.25) is 13.9 Å². The molecule has 0 unspecified atom stereocenters. The molecule has 0 saturated heterocycles. The van der Waals surface area contributed by atoms with Gasteiger partial charge in [0.15, 0.2) is 11.2 Å². The molecular weight excluding hydrogens is 246 g/mol. The number of aryl methyl sites for hydroxylation is 1. The van der Waals surface area contributed by atoms with Gasteiger partial charge in [-0.05, 0) is 13.0 Å². The topological polar surface area (TPSA) is 73.8 Å². The van der Waals surface area contributed by atoms with Crippen LogP contribution < -0.4 is 16.6 Å². The van der Waals surface area contributed by atoms with Crippen molar-refractivity contribution in [2.24, 2.45) is 14.1 Å². The van der Waals surface area contributed by atoms with Gasteiger partial charge < -0.3 is 9.88 Å². The summed E-state index contributed by atoms with van der Waals surface area (Å²) in [4.78, 5) is 28.1. The summed E-state index contributed by atoms with van der Waals surface area (Å²) < 4.78 is 4.30. The molecule has 2 aromatic rings. The monoisotopic (exact) mass is 265 g/mol. The largest absolute Gasteiger partial charge is 0.332 e. The Morgan fingerprint density at radius 3 is 2.63 bits per heavy atom. The Kier molecular flexibility index (Phi) is 3.84. The number of aromatic nitrogens is 4. The first-order chi connectivity index (χ1) is 9.07. The minimum absolute atomic E-state index is 0.300. The van der Waals surface area contributed by atoms with E-state index in [4.69, 9.17) is 0 Å². The molecule has 0 spiro atoms. The fraction of sp³-hybridized carbons (Fsp3) is 0.583. The van der Waals surface area contributed by atoms with Crippen LogP contribution >= 0.6 is 0 Å². The molecule has 2 rings (SSSR count). The third kappa shape index (κ3) is 2.33. The molecule has 2 heterocycles. The van der Waals surface area contributed by atoms with Gasteiger partial charge in [-0.15, -0.1) is 0 Å². The Labute approximate surface area is 110 Å². The number of fused-ring (bicyclic) bond motifs is 1. The summed E-state index contributed by atoms with van der Waals surface area (Å²) in [5.74, 6) is 0. The fourth-order valence-electron chi connectivity index (χ4n) is 2.07. The SMILES string of the molecule is CCCNCCn1cnc2c1c(=O)n(C)c(=O)n2C. The van der Waals surface area contributed by atoms with Crippen LogP contribution in [0.25, 0.3) is 11.2 Å². The average molecular weight is 265 g/mol. The summed E-state index contributed by atoms with van der Waals surface area (Å²) in [5.41, 5.74) is 0.254. The fourth-order valence-corrected chi connectivity index (χ4v) is 2.07. The zero-order chi connectivity index (χ0) is 14.0. The van der Waals surface area contributed by atoms with E-state index in [1.54, 1.807) is 17.9 Å². The highest BCUT2D eigenvalue weighted by atomic mass is 16.2. The van der Waals surface area contributed by atoms with Crippen molar-refractivity contribution in [3.8, 4) is 0 Å². The van der Waals surface area contributed by atoms with Crippen LogP contribution in [-0.4, -0.2) is 31.8 Å². The van der Waals surface area contributed by atoms with Crippen molar-refractivity contribution in [1.29, 1.82) is 0 Å². The number of imidazole rings is 1. The third-order valence-corrected chi connectivity index (χ3v) is 3.17. The summed E-state index contributed by atoms with van der Waals surface area (Å²) in [6, 6.07) is 0. The first kappa shape index (κ1) is 13.5. The summed E-state index contributed by atoms with van der Waals surface area (Å²) in [6.45, 7) is 4.48. The lowest BCUT2D eigenvalue weighted by atomic mass is 10.4. The number of nitrogens with zero attached hydrogens (tertiary/aromatic N) is 4. The summed E-state index contributed by atoms with van der Waals surface area (Å²) in [7, 11) is 3.10. The van der Waals surface area contributed by atoms with Crippen molar-refractivity contribution in [2.75, 3.05) is 13.1 Å². The van der Waals surface area contributed by atoms with Gasteiger partial charge in [0.25, 0.3) is 5.56 Å². The van der Waals surface area contributed by atoms with Crippen LogP contribution in [0.5, 0.6) is 0 Å². The van der Waals surface area contributed by atoms with Crippen LogP contribution in [0.3, 0.4) is 0 Å². The maximum absolute atomic E-state index is 12.1. The molecular formula is C12H19N5O2. The van der Waals surface area contributed by atoms with Gasteiger partial charge in [-0.2, -0.15) is 0 Å². The molecule has 19 heavy (non-hydrogen) atoms. The van der Waals surface area contributed by atoms with Crippen LogP contribution in [0, 0.1) is 0 Å². The molecule has 0 atom stereocenters. The molecule has 0 radical (unpaired) electrons. The lowest BCUT2D eigenvalue weighted by molar-refractivity contribution is 0.599. The molecule has 0 fully saturated rings. The Balaban J connectivity index is 2.43. The summed E-state index contributed by atoms with van der Waals surface area (Å²) >= 11 is 0. The molecule has 0 bridgehead atoms. The Morgan fingerprint density at radius 1 is 1.21 bits per heavy atom. The molecule has 1 N–H and O–H groups in total. The Bertz CT molecular complexity index is 694. The second-order valence-corrected chi connectivity index (χ2v) is 4.57. The van der Waals surface area contributed by atoms with E-state index in [-0.39, 0.29) is 11.2 Å². The van der Waals surface area contributed by atoms with Crippen molar-refractivity contribution in [3.63, 3.8) is 0 Å². The van der Waals surface area contributed by atoms with Crippen molar-refractivity contribution in [1.82, 2.24) is 24.0 Å². The molecule has 0 aliphatic heterocycles. The van der Waals surface area contributed by atoms with Crippen molar-refractivity contribution >= 4 is 11.2 Å². The van der Waals surface area contributed by atoms with Crippen LogP contribution in [0.4, 0.5) is 0 Å². The lowest BCUT2D eigenvalue weighted by Crippen LogP contribution is -2.37. The zero-order valence-corrected chi connectivity index (χ0v) is 11.5. The first-order valence-corrected chi connectivity index (χ1v) is 6.39. The maximum Gasteiger partial charge on any atom is 0.332 e. The van der Waals surface area contributed by atoms with E-state index < -0.39 is 0 Å². The van der Waals surface area contributed by atoms with Gasteiger partial charge in [0.1, 0.15) is 0 Å². The molecule has 104 valence electrons. The van der Waals surface area contributed by atoms with Gasteiger partial charge in [0.05, 0.1) is 6.33 Å². The van der Waals surface area contributed by atoms with E-state index in [1.807, 2.05) is 0 Å². The second kappa shape index (κ2) is 5.40. The molecule has 2 aromatic heterocycles. The predicted octanol–water partition coefficient (Wildman–Crippen LogP) is -0.567. The summed E-state index contributed by atoms with van der Waals surface area (Å²) in [6.07, 6.45) is 2.68. The van der Waals surface area contributed by atoms with E-state index in [0.717, 1.165) is 24.1 Å². The Morgan fingerprint density at radius 2 is 1.95 bits per heavy atom. The normalized spacial score (nSPS) is 11.3. The Hall–Kier alpha value is -1.89. The van der Waals surface area contributed by atoms with E-state index in [1.165, 1.54) is 11.6 Å². The summed E-state index contributed by atoms with van der Waals surface area (Å²) in [5, 5.41) is 3.27. The van der Waals surface area contributed by atoms with Gasteiger partial charge in [0, 0.05) is 27.2 Å². The maximum atomic E-state index is 12.1.